The summed E-state index contributed by atoms with van der Waals surface area (Å²) in [5, 5.41) is 12.6. The van der Waals surface area contributed by atoms with Crippen LogP contribution in [-0.2, 0) is 24.3 Å². The molecule has 35 heavy (non-hydrogen) atoms. The fourth-order valence-electron chi connectivity index (χ4n) is 4.01. The molecule has 0 saturated heterocycles. The summed E-state index contributed by atoms with van der Waals surface area (Å²) in [6, 6.07) is 20.5. The van der Waals surface area contributed by atoms with Crippen molar-refractivity contribution in [2.75, 3.05) is 0 Å². The summed E-state index contributed by atoms with van der Waals surface area (Å²) < 4.78 is 16.7. The highest BCUT2D eigenvalue weighted by atomic mass is 35.5. The van der Waals surface area contributed by atoms with Crippen LogP contribution in [0.3, 0.4) is 0 Å². The molecule has 5 rings (SSSR count). The molecule has 5 aromatic rings. The van der Waals surface area contributed by atoms with Crippen LogP contribution in [0.25, 0.3) is 16.7 Å². The molecule has 0 atom stereocenters. The molecule has 0 aliphatic carbocycles. The molecule has 3 aromatic carbocycles. The van der Waals surface area contributed by atoms with Gasteiger partial charge in [-0.2, -0.15) is 0 Å². The molecule has 0 aliphatic rings. The minimum atomic E-state index is -0.344. The van der Waals surface area contributed by atoms with E-state index in [-0.39, 0.29) is 30.2 Å². The second kappa shape index (κ2) is 9.68. The zero-order valence-electron chi connectivity index (χ0n) is 18.6. The molecule has 0 fully saturated rings. The van der Waals surface area contributed by atoms with Crippen LogP contribution >= 0.6 is 11.6 Å². The van der Waals surface area contributed by atoms with E-state index in [0.29, 0.717) is 40.5 Å². The number of hydrogen-bond acceptors (Lipinski definition) is 4. The van der Waals surface area contributed by atoms with Crippen molar-refractivity contribution in [2.24, 2.45) is 0 Å². The van der Waals surface area contributed by atoms with Crippen LogP contribution in [-0.4, -0.2) is 25.1 Å². The highest BCUT2D eigenvalue weighted by molar-refractivity contribution is 6.30. The van der Waals surface area contributed by atoms with Crippen LogP contribution < -0.4 is 10.9 Å². The topological polar surface area (TPSA) is 81.3 Å². The van der Waals surface area contributed by atoms with Gasteiger partial charge >= 0.3 is 0 Å². The van der Waals surface area contributed by atoms with E-state index in [4.69, 9.17) is 11.6 Å². The summed E-state index contributed by atoms with van der Waals surface area (Å²) in [7, 11) is 0. The van der Waals surface area contributed by atoms with Gasteiger partial charge < -0.3 is 5.32 Å². The number of carbonyl (C=O) groups is 1. The standard InChI is InChI=1S/C26H21ClFN5O2/c27-19-9-5-17(6-10-19)15-29-24(34)14-13-23-30-31-26-32(16-18-7-11-20(28)12-8-18)25(35)21-3-1-2-4-22(21)33(23)26/h1-12H,13-16H2,(H,29,34). The second-order valence-electron chi connectivity index (χ2n) is 8.19. The number of aromatic nitrogens is 4. The van der Waals surface area contributed by atoms with Crippen molar-refractivity contribution < 1.29 is 9.18 Å². The van der Waals surface area contributed by atoms with E-state index in [9.17, 15) is 14.0 Å². The van der Waals surface area contributed by atoms with Crippen LogP contribution in [0.2, 0.25) is 5.02 Å². The molecule has 0 spiro atoms. The first-order chi connectivity index (χ1) is 17.0. The Hall–Kier alpha value is -4.04. The number of nitrogens with one attached hydrogen (secondary N) is 1. The average molecular weight is 490 g/mol. The molecule has 0 aliphatic heterocycles. The number of hydrogen-bond donors (Lipinski definition) is 1. The number of carbonyl (C=O) groups excluding carboxylic acids is 1. The van der Waals surface area contributed by atoms with E-state index in [1.54, 1.807) is 36.4 Å². The largest absolute Gasteiger partial charge is 0.352 e. The van der Waals surface area contributed by atoms with Crippen molar-refractivity contribution >= 4 is 34.2 Å². The number of para-hydroxylation sites is 1. The van der Waals surface area contributed by atoms with E-state index in [0.717, 1.165) is 11.1 Å². The molecule has 1 amide bonds. The lowest BCUT2D eigenvalue weighted by atomic mass is 10.2. The van der Waals surface area contributed by atoms with Crippen molar-refractivity contribution in [1.29, 1.82) is 0 Å². The minimum Gasteiger partial charge on any atom is -0.352 e. The van der Waals surface area contributed by atoms with Gasteiger partial charge in [0.05, 0.1) is 17.4 Å². The Balaban J connectivity index is 1.42. The maximum Gasteiger partial charge on any atom is 0.263 e. The Morgan fingerprint density at radius 1 is 0.943 bits per heavy atom. The van der Waals surface area contributed by atoms with E-state index < -0.39 is 0 Å². The van der Waals surface area contributed by atoms with Crippen molar-refractivity contribution in [3.05, 3.63) is 111 Å². The predicted molar refractivity (Wildman–Crippen MR) is 132 cm³/mol. The first-order valence-electron chi connectivity index (χ1n) is 11.1. The lowest BCUT2D eigenvalue weighted by molar-refractivity contribution is -0.121. The summed E-state index contributed by atoms with van der Waals surface area (Å²) >= 11 is 5.90. The summed E-state index contributed by atoms with van der Waals surface area (Å²) in [5.74, 6) is 0.477. The Morgan fingerprint density at radius 2 is 1.66 bits per heavy atom. The number of halogens is 2. The first-order valence-corrected chi connectivity index (χ1v) is 11.5. The van der Waals surface area contributed by atoms with Gasteiger partial charge in [-0.25, -0.2) is 4.39 Å². The average Bonchev–Trinajstić information content (AvgIpc) is 3.30. The molecule has 0 unspecified atom stereocenters. The van der Waals surface area contributed by atoms with Gasteiger partial charge in [0, 0.05) is 24.4 Å². The zero-order chi connectivity index (χ0) is 24.4. The van der Waals surface area contributed by atoms with Gasteiger partial charge in [-0.05, 0) is 47.5 Å². The van der Waals surface area contributed by atoms with Crippen LogP contribution in [0.15, 0.2) is 77.6 Å². The molecular formula is C26H21ClFN5O2. The van der Waals surface area contributed by atoms with Gasteiger partial charge in [-0.15, -0.1) is 10.2 Å². The Morgan fingerprint density at radius 3 is 2.43 bits per heavy atom. The lowest BCUT2D eigenvalue weighted by Gasteiger charge is -2.12. The number of fused-ring (bicyclic) bond motifs is 3. The van der Waals surface area contributed by atoms with Crippen LogP contribution in [0.1, 0.15) is 23.4 Å². The number of aryl methyl sites for hydroxylation is 1. The monoisotopic (exact) mass is 489 g/mol. The molecule has 0 bridgehead atoms. The Bertz CT molecular complexity index is 1580. The highest BCUT2D eigenvalue weighted by Gasteiger charge is 2.17. The summed E-state index contributed by atoms with van der Waals surface area (Å²) in [5.41, 5.74) is 2.17. The van der Waals surface area contributed by atoms with Crippen LogP contribution in [0.5, 0.6) is 0 Å². The van der Waals surface area contributed by atoms with Gasteiger partial charge in [0.15, 0.2) is 0 Å². The molecule has 176 valence electrons. The number of benzene rings is 3. The van der Waals surface area contributed by atoms with Gasteiger partial charge in [0.25, 0.3) is 5.56 Å². The molecule has 7 nitrogen and oxygen atoms in total. The van der Waals surface area contributed by atoms with Crippen LogP contribution in [0.4, 0.5) is 4.39 Å². The summed E-state index contributed by atoms with van der Waals surface area (Å²) in [4.78, 5) is 25.8. The maximum atomic E-state index is 13.4. The SMILES string of the molecule is O=C(CCc1nnc2n(Cc3ccc(F)cc3)c(=O)c3ccccc3n12)NCc1ccc(Cl)cc1. The Labute approximate surface area is 204 Å². The van der Waals surface area contributed by atoms with Crippen molar-refractivity contribution in [3.8, 4) is 0 Å². The summed E-state index contributed by atoms with van der Waals surface area (Å²) in [6.45, 7) is 0.615. The summed E-state index contributed by atoms with van der Waals surface area (Å²) in [6.07, 6.45) is 0.548. The first kappa shape index (κ1) is 22.7. The lowest BCUT2D eigenvalue weighted by Crippen LogP contribution is -2.25. The zero-order valence-corrected chi connectivity index (χ0v) is 19.4. The van der Waals surface area contributed by atoms with Crippen LogP contribution in [0, 0.1) is 5.82 Å². The van der Waals surface area contributed by atoms with Gasteiger partial charge in [0.2, 0.25) is 11.7 Å². The predicted octanol–water partition coefficient (Wildman–Crippen LogP) is 4.13. The smallest absolute Gasteiger partial charge is 0.263 e. The van der Waals surface area contributed by atoms with Crippen molar-refractivity contribution in [3.63, 3.8) is 0 Å². The molecule has 0 saturated carbocycles. The van der Waals surface area contributed by atoms with Gasteiger partial charge in [0.1, 0.15) is 11.6 Å². The third-order valence-electron chi connectivity index (χ3n) is 5.81. The third kappa shape index (κ3) is 4.79. The molecule has 2 heterocycles. The Kier molecular flexibility index (Phi) is 6.29. The second-order valence-corrected chi connectivity index (χ2v) is 8.63. The fourth-order valence-corrected chi connectivity index (χ4v) is 4.13. The van der Waals surface area contributed by atoms with Gasteiger partial charge in [-0.1, -0.05) is 48.0 Å². The van der Waals surface area contributed by atoms with Crippen molar-refractivity contribution in [2.45, 2.75) is 25.9 Å². The van der Waals surface area contributed by atoms with E-state index in [1.165, 1.54) is 16.7 Å². The minimum absolute atomic E-state index is 0.124. The molecule has 9 heteroatoms. The van der Waals surface area contributed by atoms with E-state index >= 15 is 0 Å². The number of rotatable bonds is 7. The number of amides is 1. The van der Waals surface area contributed by atoms with Crippen molar-refractivity contribution in [1.82, 2.24) is 24.5 Å². The molecule has 0 radical (unpaired) electrons. The van der Waals surface area contributed by atoms with E-state index in [2.05, 4.69) is 15.5 Å². The molecular weight excluding hydrogens is 469 g/mol. The highest BCUT2D eigenvalue weighted by Crippen LogP contribution is 2.17. The quantitative estimate of drug-likeness (QED) is 0.372. The fraction of sp³-hybridized carbons (Fsp3) is 0.154. The van der Waals surface area contributed by atoms with Gasteiger partial charge in [-0.3, -0.25) is 18.6 Å². The van der Waals surface area contributed by atoms with E-state index in [1.807, 2.05) is 28.7 Å². The normalized spacial score (nSPS) is 11.3. The molecule has 1 N–H and O–H groups in total. The third-order valence-corrected chi connectivity index (χ3v) is 6.06. The maximum absolute atomic E-state index is 13.4. The molecule has 2 aromatic heterocycles. The number of nitrogens with zero attached hydrogens (tertiary/aromatic N) is 4.